The minimum atomic E-state index is -0.524. The summed E-state index contributed by atoms with van der Waals surface area (Å²) in [6.45, 7) is 0. The Morgan fingerprint density at radius 3 is 2.25 bits per heavy atom. The molecule has 0 atom stereocenters. The van der Waals surface area contributed by atoms with Crippen molar-refractivity contribution in [1.82, 2.24) is 5.43 Å². The fraction of sp³-hybridized carbons (Fsp3) is 0.125. The fourth-order valence-corrected chi connectivity index (χ4v) is 1.65. The van der Waals surface area contributed by atoms with Crippen molar-refractivity contribution in [3.05, 3.63) is 69.8 Å². The van der Waals surface area contributed by atoms with E-state index in [9.17, 15) is 14.9 Å². The molecule has 2 rings (SSSR count). The molecule has 0 aliphatic carbocycles. The van der Waals surface area contributed by atoms with E-state index >= 15 is 0 Å². The van der Waals surface area contributed by atoms with E-state index in [1.807, 2.05) is 0 Å². The first kappa shape index (κ1) is 18.8. The van der Waals surface area contributed by atoms with Crippen LogP contribution in [0.5, 0.6) is 5.75 Å². The smallest absolute Gasteiger partial charge is 0.271 e. The maximum Gasteiger partial charge on any atom is 0.271 e. The van der Waals surface area contributed by atoms with Crippen LogP contribution in [0.1, 0.15) is 15.9 Å². The maximum absolute atomic E-state index is 11.8. The molecule has 0 spiro atoms. The molecule has 0 saturated heterocycles. The lowest BCUT2D eigenvalue weighted by atomic mass is 10.2. The van der Waals surface area contributed by atoms with Crippen LogP contribution in [0.3, 0.4) is 0 Å². The lowest BCUT2D eigenvalue weighted by Gasteiger charge is -2.00. The van der Waals surface area contributed by atoms with Crippen LogP contribution in [0.2, 0.25) is 0 Å². The molecule has 0 radical (unpaired) electrons. The molecule has 1 amide bonds. The van der Waals surface area contributed by atoms with E-state index in [-0.39, 0.29) is 11.3 Å². The molecular weight excluding hydrogens is 314 g/mol. The summed E-state index contributed by atoms with van der Waals surface area (Å²) in [5.74, 6) is 0.284. The second kappa shape index (κ2) is 9.70. The van der Waals surface area contributed by atoms with E-state index in [0.717, 1.165) is 18.4 Å². The number of carbonyl (C=O) groups excluding carboxylic acids is 1. The molecule has 0 aromatic heterocycles. The second-order valence-corrected chi connectivity index (χ2v) is 4.28. The summed E-state index contributed by atoms with van der Waals surface area (Å²) >= 11 is 0. The summed E-state index contributed by atoms with van der Waals surface area (Å²) < 4.78 is 5.03. The largest absolute Gasteiger partial charge is 0.497 e. The number of nitrogens with zero attached hydrogens (tertiary/aromatic N) is 2. The number of nitro benzene ring substituents is 1. The molecule has 2 N–H and O–H groups in total. The van der Waals surface area contributed by atoms with Crippen molar-refractivity contribution >= 4 is 17.8 Å². The van der Waals surface area contributed by atoms with E-state index in [1.54, 1.807) is 31.4 Å². The Morgan fingerprint density at radius 1 is 1.17 bits per heavy atom. The third-order valence-corrected chi connectivity index (χ3v) is 2.84. The van der Waals surface area contributed by atoms with Crippen molar-refractivity contribution < 1.29 is 19.6 Å². The molecule has 24 heavy (non-hydrogen) atoms. The molecule has 0 aliphatic rings. The van der Waals surface area contributed by atoms with Crippen LogP contribution in [0, 0.1) is 10.1 Å². The molecule has 8 heteroatoms. The number of hydrogen-bond acceptors (Lipinski definition) is 6. The van der Waals surface area contributed by atoms with Gasteiger partial charge in [-0.1, -0.05) is 0 Å². The van der Waals surface area contributed by atoms with Crippen LogP contribution in [-0.2, 0) is 0 Å². The normalized spacial score (nSPS) is 9.79. The van der Waals surface area contributed by atoms with Gasteiger partial charge in [-0.15, -0.1) is 0 Å². The molecule has 0 fully saturated rings. The van der Waals surface area contributed by atoms with E-state index in [2.05, 4.69) is 10.5 Å². The zero-order chi connectivity index (χ0) is 17.9. The highest BCUT2D eigenvalue weighted by atomic mass is 16.6. The van der Waals surface area contributed by atoms with Gasteiger partial charge in [0.25, 0.3) is 11.6 Å². The van der Waals surface area contributed by atoms with Gasteiger partial charge in [0.15, 0.2) is 0 Å². The Bertz CT molecular complexity index is 697. The maximum atomic E-state index is 11.8. The molecule has 126 valence electrons. The van der Waals surface area contributed by atoms with Crippen LogP contribution < -0.4 is 10.2 Å². The highest BCUT2D eigenvalue weighted by molar-refractivity contribution is 5.95. The van der Waals surface area contributed by atoms with Gasteiger partial charge in [-0.05, 0) is 42.0 Å². The Balaban J connectivity index is 0.00000139. The van der Waals surface area contributed by atoms with E-state index in [1.165, 1.54) is 30.5 Å². The Morgan fingerprint density at radius 2 is 1.75 bits per heavy atom. The van der Waals surface area contributed by atoms with Gasteiger partial charge in [-0.25, -0.2) is 5.43 Å². The number of non-ortho nitro benzene ring substituents is 1. The number of rotatable bonds is 5. The standard InChI is InChI=1S/C15H13N3O4.CH4O/c1-22-14-8-2-11(3-9-14)10-16-17-15(19)12-4-6-13(7-5-12)18(20)21;1-2/h2-10H,1H3,(H,17,19);2H,1H3/b16-10+;. The van der Waals surface area contributed by atoms with E-state index in [0.29, 0.717) is 0 Å². The quantitative estimate of drug-likeness (QED) is 0.494. The van der Waals surface area contributed by atoms with Crippen molar-refractivity contribution in [3.63, 3.8) is 0 Å². The Hall–Kier alpha value is -3.26. The Labute approximate surface area is 138 Å². The summed E-state index contributed by atoms with van der Waals surface area (Å²) in [4.78, 5) is 21.8. The predicted molar refractivity (Wildman–Crippen MR) is 89.3 cm³/mol. The number of nitro groups is 1. The third kappa shape index (κ3) is 5.50. The number of amides is 1. The topological polar surface area (TPSA) is 114 Å². The SMILES string of the molecule is CO.COc1ccc(/C=N/NC(=O)c2ccc([N+](=O)[O-])cc2)cc1. The summed E-state index contributed by atoms with van der Waals surface area (Å²) in [5.41, 5.74) is 3.37. The molecule has 0 heterocycles. The average Bonchev–Trinajstić information content (AvgIpc) is 2.64. The van der Waals surface area contributed by atoms with Gasteiger partial charge in [0, 0.05) is 24.8 Å². The number of nitrogens with one attached hydrogen (secondary N) is 1. The first-order valence-electron chi connectivity index (χ1n) is 6.77. The molecule has 0 unspecified atom stereocenters. The third-order valence-electron chi connectivity index (χ3n) is 2.84. The van der Waals surface area contributed by atoms with Crippen molar-refractivity contribution in [3.8, 4) is 5.75 Å². The van der Waals surface area contributed by atoms with Crippen LogP contribution in [0.4, 0.5) is 5.69 Å². The molecule has 8 nitrogen and oxygen atoms in total. The van der Waals surface area contributed by atoms with Crippen LogP contribution in [0.15, 0.2) is 53.6 Å². The number of ether oxygens (including phenoxy) is 1. The van der Waals surface area contributed by atoms with Crippen molar-refractivity contribution in [2.24, 2.45) is 5.10 Å². The molecule has 0 bridgehead atoms. The number of aliphatic hydroxyl groups is 1. The Kier molecular flexibility index (Phi) is 7.59. The highest BCUT2D eigenvalue weighted by Crippen LogP contribution is 2.12. The number of methoxy groups -OCH3 is 1. The van der Waals surface area contributed by atoms with Crippen LogP contribution in [0.25, 0.3) is 0 Å². The summed E-state index contributed by atoms with van der Waals surface area (Å²) in [6, 6.07) is 12.4. The van der Waals surface area contributed by atoms with Crippen LogP contribution >= 0.6 is 0 Å². The molecule has 2 aromatic rings. The number of aliphatic hydroxyl groups excluding tert-OH is 1. The van der Waals surface area contributed by atoms with Gasteiger partial charge in [0.05, 0.1) is 18.2 Å². The number of benzene rings is 2. The zero-order valence-electron chi connectivity index (χ0n) is 13.2. The fourth-order valence-electron chi connectivity index (χ4n) is 1.65. The van der Waals surface area contributed by atoms with Gasteiger partial charge in [-0.2, -0.15) is 5.10 Å². The summed E-state index contributed by atoms with van der Waals surface area (Å²) in [6.07, 6.45) is 1.49. The van der Waals surface area contributed by atoms with Gasteiger partial charge in [0.2, 0.25) is 0 Å². The van der Waals surface area contributed by atoms with E-state index < -0.39 is 10.8 Å². The van der Waals surface area contributed by atoms with Gasteiger partial charge >= 0.3 is 0 Å². The van der Waals surface area contributed by atoms with E-state index in [4.69, 9.17) is 9.84 Å². The number of hydrazone groups is 1. The number of carbonyl (C=O) groups is 1. The lowest BCUT2D eigenvalue weighted by Crippen LogP contribution is -2.17. The lowest BCUT2D eigenvalue weighted by molar-refractivity contribution is -0.384. The monoisotopic (exact) mass is 331 g/mol. The minimum absolute atomic E-state index is 0.0710. The van der Waals surface area contributed by atoms with Crippen molar-refractivity contribution in [1.29, 1.82) is 0 Å². The van der Waals surface area contributed by atoms with Gasteiger partial charge in [0.1, 0.15) is 5.75 Å². The second-order valence-electron chi connectivity index (χ2n) is 4.28. The van der Waals surface area contributed by atoms with Crippen molar-refractivity contribution in [2.75, 3.05) is 14.2 Å². The highest BCUT2D eigenvalue weighted by Gasteiger charge is 2.08. The van der Waals surface area contributed by atoms with Crippen molar-refractivity contribution in [2.45, 2.75) is 0 Å². The molecular formula is C16H17N3O5. The minimum Gasteiger partial charge on any atom is -0.497 e. The first-order chi connectivity index (χ1) is 11.6. The number of hydrogen-bond donors (Lipinski definition) is 2. The molecule has 0 aliphatic heterocycles. The van der Waals surface area contributed by atoms with Gasteiger partial charge in [-0.3, -0.25) is 14.9 Å². The first-order valence-corrected chi connectivity index (χ1v) is 6.77. The predicted octanol–water partition coefficient (Wildman–Crippen LogP) is 1.98. The molecule has 2 aromatic carbocycles. The molecule has 0 saturated carbocycles. The average molecular weight is 331 g/mol. The summed E-state index contributed by atoms with van der Waals surface area (Å²) in [5, 5.41) is 21.4. The van der Waals surface area contributed by atoms with Crippen LogP contribution in [-0.4, -0.2) is 36.4 Å². The summed E-state index contributed by atoms with van der Waals surface area (Å²) in [7, 11) is 2.58. The van der Waals surface area contributed by atoms with Gasteiger partial charge < -0.3 is 9.84 Å². The zero-order valence-corrected chi connectivity index (χ0v) is 13.2.